The van der Waals surface area contributed by atoms with Gasteiger partial charge in [0.1, 0.15) is 22.3 Å². The average Bonchev–Trinajstić information content (AvgIpc) is 3.88. The van der Waals surface area contributed by atoms with Crippen molar-refractivity contribution in [3.05, 3.63) is 158 Å². The number of para-hydroxylation sites is 3. The number of nitrogens with zero attached hydrogens (tertiary/aromatic N) is 4. The van der Waals surface area contributed by atoms with Crippen molar-refractivity contribution in [2.24, 2.45) is 0 Å². The predicted molar refractivity (Wildman–Crippen MR) is 205 cm³/mol. The topological polar surface area (TPSA) is 69.9 Å². The number of benzene rings is 7. The molecule has 7 aromatic carbocycles. The van der Waals surface area contributed by atoms with Crippen LogP contribution in [0.1, 0.15) is 0 Å². The van der Waals surface area contributed by atoms with Crippen molar-refractivity contribution in [1.29, 1.82) is 0 Å². The van der Waals surface area contributed by atoms with Crippen LogP contribution < -0.4 is 0 Å². The van der Waals surface area contributed by atoms with Gasteiger partial charge in [-0.05, 0) is 42.5 Å². The Kier molecular flexibility index (Phi) is 5.86. The van der Waals surface area contributed by atoms with Crippen molar-refractivity contribution in [3.8, 4) is 39.9 Å². The lowest BCUT2D eigenvalue weighted by molar-refractivity contribution is 0.669. The molecule has 51 heavy (non-hydrogen) atoms. The summed E-state index contributed by atoms with van der Waals surface area (Å²) in [6, 6.07) is 53.7. The van der Waals surface area contributed by atoms with E-state index in [1.54, 1.807) is 0 Å². The molecule has 0 aliphatic carbocycles. The molecule has 6 heteroatoms. The van der Waals surface area contributed by atoms with Crippen molar-refractivity contribution in [3.63, 3.8) is 0 Å². The number of aromatic nitrogens is 4. The lowest BCUT2D eigenvalue weighted by atomic mass is 10.0. The number of hydrogen-bond donors (Lipinski definition) is 0. The Morgan fingerprint density at radius 2 is 0.941 bits per heavy atom. The van der Waals surface area contributed by atoms with E-state index >= 15 is 0 Å². The van der Waals surface area contributed by atoms with Gasteiger partial charge in [-0.3, -0.25) is 0 Å². The number of rotatable bonds is 4. The lowest BCUT2D eigenvalue weighted by Gasteiger charge is -2.12. The second kappa shape index (κ2) is 10.7. The van der Waals surface area contributed by atoms with Crippen LogP contribution in [-0.2, 0) is 0 Å². The molecular formula is C45H26N4O2. The van der Waals surface area contributed by atoms with Gasteiger partial charge in [0.05, 0.1) is 27.7 Å². The van der Waals surface area contributed by atoms with Crippen LogP contribution in [0.25, 0.3) is 106 Å². The second-order valence-electron chi connectivity index (χ2n) is 12.8. The third-order valence-electron chi connectivity index (χ3n) is 9.86. The summed E-state index contributed by atoms with van der Waals surface area (Å²) in [6.07, 6.45) is 0. The van der Waals surface area contributed by atoms with Crippen LogP contribution in [0, 0.1) is 0 Å². The zero-order valence-corrected chi connectivity index (χ0v) is 27.1. The fourth-order valence-electron chi connectivity index (χ4n) is 7.64. The third-order valence-corrected chi connectivity index (χ3v) is 9.86. The normalized spacial score (nSPS) is 11.9. The van der Waals surface area contributed by atoms with E-state index in [4.69, 9.17) is 23.8 Å². The number of furan rings is 2. The standard InChI is InChI=1S/C45H26N4O2/c1-3-13-27(14-4-1)43-46-44(28-15-5-2-6-16-28)48-45(47-43)32-23-24-35(40-30-18-8-12-22-37(30)51-42(32)40)49-33-20-10-7-17-29(33)39-34(49)25-26-38-41(39)31-19-9-11-21-36(31)50-38/h1-26H. The quantitative estimate of drug-likeness (QED) is 0.189. The van der Waals surface area contributed by atoms with Gasteiger partial charge < -0.3 is 13.4 Å². The van der Waals surface area contributed by atoms with Crippen LogP contribution in [0.15, 0.2) is 167 Å². The third kappa shape index (κ3) is 4.14. The Bertz CT molecular complexity index is 3080. The molecule has 0 aliphatic rings. The van der Waals surface area contributed by atoms with Crippen molar-refractivity contribution in [1.82, 2.24) is 19.5 Å². The van der Waals surface area contributed by atoms with Gasteiger partial charge in [-0.2, -0.15) is 0 Å². The molecule has 0 aliphatic heterocycles. The highest BCUT2D eigenvalue weighted by Gasteiger charge is 2.24. The molecule has 0 spiro atoms. The van der Waals surface area contributed by atoms with Gasteiger partial charge in [0.2, 0.25) is 0 Å². The van der Waals surface area contributed by atoms with E-state index in [-0.39, 0.29) is 0 Å². The first-order chi connectivity index (χ1) is 25.3. The molecule has 6 nitrogen and oxygen atoms in total. The summed E-state index contributed by atoms with van der Waals surface area (Å²) < 4.78 is 15.5. The zero-order valence-electron chi connectivity index (χ0n) is 27.1. The van der Waals surface area contributed by atoms with E-state index in [0.717, 1.165) is 88.1 Å². The van der Waals surface area contributed by atoms with Gasteiger partial charge in [0.15, 0.2) is 17.5 Å². The van der Waals surface area contributed by atoms with E-state index in [0.29, 0.717) is 17.5 Å². The fourth-order valence-corrected chi connectivity index (χ4v) is 7.64. The molecule has 11 aromatic rings. The Balaban J connectivity index is 1.24. The molecule has 0 amide bonds. The van der Waals surface area contributed by atoms with Crippen LogP contribution in [0.5, 0.6) is 0 Å². The summed E-state index contributed by atoms with van der Waals surface area (Å²) in [5, 5.41) is 6.56. The summed E-state index contributed by atoms with van der Waals surface area (Å²) in [5.41, 5.74) is 9.10. The van der Waals surface area contributed by atoms with Crippen LogP contribution in [0.4, 0.5) is 0 Å². The maximum atomic E-state index is 6.78. The molecule has 4 aromatic heterocycles. The van der Waals surface area contributed by atoms with Crippen molar-refractivity contribution < 1.29 is 8.83 Å². The first-order valence-corrected chi connectivity index (χ1v) is 17.0. The minimum Gasteiger partial charge on any atom is -0.456 e. The van der Waals surface area contributed by atoms with E-state index in [9.17, 15) is 0 Å². The molecule has 4 heterocycles. The molecule has 0 atom stereocenters. The Morgan fingerprint density at radius 1 is 0.373 bits per heavy atom. The summed E-state index contributed by atoms with van der Waals surface area (Å²) in [7, 11) is 0. The number of fused-ring (bicyclic) bond motifs is 10. The van der Waals surface area contributed by atoms with Crippen molar-refractivity contribution in [2.45, 2.75) is 0 Å². The molecule has 11 rings (SSSR count). The van der Waals surface area contributed by atoms with Gasteiger partial charge in [-0.1, -0.05) is 115 Å². The highest BCUT2D eigenvalue weighted by Crippen LogP contribution is 2.45. The minimum absolute atomic E-state index is 0.548. The van der Waals surface area contributed by atoms with Crippen LogP contribution in [-0.4, -0.2) is 19.5 Å². The summed E-state index contributed by atoms with van der Waals surface area (Å²) in [4.78, 5) is 15.1. The summed E-state index contributed by atoms with van der Waals surface area (Å²) >= 11 is 0. The van der Waals surface area contributed by atoms with Gasteiger partial charge in [-0.25, -0.2) is 15.0 Å². The fraction of sp³-hybridized carbons (Fsp3) is 0. The maximum Gasteiger partial charge on any atom is 0.167 e. The van der Waals surface area contributed by atoms with Crippen LogP contribution >= 0.6 is 0 Å². The van der Waals surface area contributed by atoms with Crippen molar-refractivity contribution >= 4 is 65.7 Å². The van der Waals surface area contributed by atoms with Gasteiger partial charge >= 0.3 is 0 Å². The molecule has 238 valence electrons. The largest absolute Gasteiger partial charge is 0.456 e. The summed E-state index contributed by atoms with van der Waals surface area (Å²) in [6.45, 7) is 0. The SMILES string of the molecule is c1ccc(-c2nc(-c3ccccc3)nc(-c3ccc(-n4c5ccccc5c5c6c(ccc54)oc4ccccc46)c4c3oc3ccccc34)n2)cc1. The molecule has 0 saturated carbocycles. The molecule has 0 bridgehead atoms. The Morgan fingerprint density at radius 3 is 1.65 bits per heavy atom. The van der Waals surface area contributed by atoms with Crippen molar-refractivity contribution in [2.75, 3.05) is 0 Å². The van der Waals surface area contributed by atoms with E-state index in [1.165, 1.54) is 0 Å². The second-order valence-corrected chi connectivity index (χ2v) is 12.8. The van der Waals surface area contributed by atoms with Crippen LogP contribution in [0.3, 0.4) is 0 Å². The van der Waals surface area contributed by atoms with E-state index in [2.05, 4.69) is 77.4 Å². The maximum absolute atomic E-state index is 6.78. The van der Waals surface area contributed by atoms with E-state index < -0.39 is 0 Å². The summed E-state index contributed by atoms with van der Waals surface area (Å²) in [5.74, 6) is 1.75. The van der Waals surface area contributed by atoms with Gasteiger partial charge in [0, 0.05) is 38.1 Å². The van der Waals surface area contributed by atoms with E-state index in [1.807, 2.05) is 84.9 Å². The molecular weight excluding hydrogens is 629 g/mol. The van der Waals surface area contributed by atoms with Gasteiger partial charge in [0.25, 0.3) is 0 Å². The Labute approximate surface area is 290 Å². The lowest BCUT2D eigenvalue weighted by Crippen LogP contribution is -2.01. The average molecular weight is 655 g/mol. The smallest absolute Gasteiger partial charge is 0.167 e. The monoisotopic (exact) mass is 654 g/mol. The molecule has 0 radical (unpaired) electrons. The minimum atomic E-state index is 0.548. The molecule has 0 N–H and O–H groups in total. The Hall–Kier alpha value is -7.05. The highest BCUT2D eigenvalue weighted by atomic mass is 16.3. The zero-order chi connectivity index (χ0) is 33.5. The first kappa shape index (κ1) is 27.9. The molecule has 0 fully saturated rings. The first-order valence-electron chi connectivity index (χ1n) is 17.0. The molecule has 0 unspecified atom stereocenters. The number of hydrogen-bond acceptors (Lipinski definition) is 5. The predicted octanol–water partition coefficient (Wildman–Crippen LogP) is 11.8. The highest BCUT2D eigenvalue weighted by molar-refractivity contribution is 6.28. The van der Waals surface area contributed by atoms with Gasteiger partial charge in [-0.15, -0.1) is 0 Å². The van der Waals surface area contributed by atoms with Crippen LogP contribution in [0.2, 0.25) is 0 Å². The molecule has 0 saturated heterocycles.